The van der Waals surface area contributed by atoms with Crippen molar-refractivity contribution in [3.63, 3.8) is 0 Å². The van der Waals surface area contributed by atoms with Crippen LogP contribution in [0.2, 0.25) is 0 Å². The number of halogens is 1. The number of carbonyl (C=O) groups is 1. The van der Waals surface area contributed by atoms with E-state index in [1.807, 2.05) is 0 Å². The first-order chi connectivity index (χ1) is 9.17. The highest BCUT2D eigenvalue weighted by Gasteiger charge is 2.05. The van der Waals surface area contributed by atoms with Crippen LogP contribution in [0.4, 0.5) is 11.8 Å². The molecular weight excluding hydrogens is 314 g/mol. The Morgan fingerprint density at radius 1 is 1.47 bits per heavy atom. The molecule has 1 aromatic rings. The number of carbonyl (C=O) groups excluding carboxylic acids is 1. The molecule has 1 heterocycles. The molecule has 19 heavy (non-hydrogen) atoms. The van der Waals surface area contributed by atoms with Crippen molar-refractivity contribution in [2.45, 2.75) is 6.42 Å². The van der Waals surface area contributed by atoms with Crippen LogP contribution in [0.1, 0.15) is 6.42 Å². The summed E-state index contributed by atoms with van der Waals surface area (Å²) in [6.07, 6.45) is 2.02. The number of aromatic nitrogens is 2. The van der Waals surface area contributed by atoms with E-state index >= 15 is 0 Å². The zero-order valence-corrected chi connectivity index (χ0v) is 12.6. The van der Waals surface area contributed by atoms with Crippen molar-refractivity contribution in [2.75, 3.05) is 44.5 Å². The summed E-state index contributed by atoms with van der Waals surface area (Å²) in [4.78, 5) is 19.7. The van der Waals surface area contributed by atoms with Crippen molar-refractivity contribution in [1.82, 2.24) is 15.3 Å². The molecule has 106 valence electrons. The van der Waals surface area contributed by atoms with Crippen LogP contribution in [0.25, 0.3) is 0 Å². The number of methoxy groups -OCH3 is 1. The fourth-order valence-corrected chi connectivity index (χ4v) is 1.62. The van der Waals surface area contributed by atoms with Gasteiger partial charge in [-0.25, -0.2) is 4.98 Å². The van der Waals surface area contributed by atoms with E-state index in [0.29, 0.717) is 37.9 Å². The van der Waals surface area contributed by atoms with Gasteiger partial charge < -0.3 is 20.7 Å². The molecule has 1 amide bonds. The third kappa shape index (κ3) is 5.84. The number of nitrogens with one attached hydrogen (secondary N) is 3. The van der Waals surface area contributed by atoms with Gasteiger partial charge in [-0.1, -0.05) is 0 Å². The highest BCUT2D eigenvalue weighted by Crippen LogP contribution is 2.19. The van der Waals surface area contributed by atoms with Gasteiger partial charge in [0, 0.05) is 39.9 Å². The van der Waals surface area contributed by atoms with Crippen LogP contribution >= 0.6 is 15.9 Å². The second-order valence-corrected chi connectivity index (χ2v) is 4.51. The van der Waals surface area contributed by atoms with Crippen molar-refractivity contribution in [2.24, 2.45) is 0 Å². The Bertz CT molecular complexity index is 416. The van der Waals surface area contributed by atoms with Gasteiger partial charge in [-0.05, 0) is 15.9 Å². The molecule has 0 bridgehead atoms. The lowest BCUT2D eigenvalue weighted by Gasteiger charge is -2.09. The number of hydrogen-bond acceptors (Lipinski definition) is 6. The summed E-state index contributed by atoms with van der Waals surface area (Å²) in [5.41, 5.74) is 0. The molecule has 0 saturated carbocycles. The summed E-state index contributed by atoms with van der Waals surface area (Å²) in [6.45, 7) is 1.54. The maximum Gasteiger partial charge on any atom is 0.224 e. The molecule has 0 radical (unpaired) electrons. The Labute approximate surface area is 120 Å². The molecule has 1 rings (SSSR count). The highest BCUT2D eigenvalue weighted by atomic mass is 79.9. The number of hydrogen-bond donors (Lipinski definition) is 3. The van der Waals surface area contributed by atoms with Crippen molar-refractivity contribution in [3.05, 3.63) is 10.7 Å². The minimum Gasteiger partial charge on any atom is -0.383 e. The standard InChI is InChI=1S/C11H18BrN5O2/c1-13-11-16-7-8(12)10(17-11)15-4-3-9(18)14-5-6-19-2/h7H,3-6H2,1-2H3,(H,14,18)(H2,13,15,16,17). The van der Waals surface area contributed by atoms with Crippen molar-refractivity contribution < 1.29 is 9.53 Å². The predicted octanol–water partition coefficient (Wildman–Crippen LogP) is 0.845. The highest BCUT2D eigenvalue weighted by molar-refractivity contribution is 9.10. The summed E-state index contributed by atoms with van der Waals surface area (Å²) in [5, 5.41) is 8.68. The molecule has 7 nitrogen and oxygen atoms in total. The van der Waals surface area contributed by atoms with Crippen LogP contribution in [-0.2, 0) is 9.53 Å². The topological polar surface area (TPSA) is 88.2 Å². The average molecular weight is 332 g/mol. The minimum atomic E-state index is -0.0245. The second-order valence-electron chi connectivity index (χ2n) is 3.66. The number of ether oxygens (including phenoxy) is 1. The molecule has 1 aromatic heterocycles. The first-order valence-corrected chi connectivity index (χ1v) is 6.66. The molecule has 0 aliphatic carbocycles. The lowest BCUT2D eigenvalue weighted by atomic mass is 10.4. The van der Waals surface area contributed by atoms with Gasteiger partial charge in [-0.2, -0.15) is 4.98 Å². The minimum absolute atomic E-state index is 0.0245. The normalized spacial score (nSPS) is 10.1. The van der Waals surface area contributed by atoms with Crippen LogP contribution in [-0.4, -0.2) is 49.7 Å². The molecule has 3 N–H and O–H groups in total. The van der Waals surface area contributed by atoms with Gasteiger partial charge in [-0.3, -0.25) is 4.79 Å². The lowest BCUT2D eigenvalue weighted by molar-refractivity contribution is -0.121. The largest absolute Gasteiger partial charge is 0.383 e. The SMILES string of the molecule is CNc1ncc(Br)c(NCCC(=O)NCCOC)n1. The quantitative estimate of drug-likeness (QED) is 0.612. The molecule has 8 heteroatoms. The Hall–Kier alpha value is -1.41. The Morgan fingerprint density at radius 3 is 2.95 bits per heavy atom. The summed E-state index contributed by atoms with van der Waals surface area (Å²) < 4.78 is 5.60. The first kappa shape index (κ1) is 15.6. The van der Waals surface area contributed by atoms with Gasteiger partial charge >= 0.3 is 0 Å². The van der Waals surface area contributed by atoms with Crippen LogP contribution in [0.3, 0.4) is 0 Å². The average Bonchev–Trinajstić information content (AvgIpc) is 2.41. The zero-order chi connectivity index (χ0) is 14.1. The van der Waals surface area contributed by atoms with E-state index in [0.717, 1.165) is 4.47 Å². The van der Waals surface area contributed by atoms with E-state index < -0.39 is 0 Å². The van der Waals surface area contributed by atoms with E-state index in [1.54, 1.807) is 20.4 Å². The fraction of sp³-hybridized carbons (Fsp3) is 0.545. The summed E-state index contributed by atoms with van der Waals surface area (Å²) in [5.74, 6) is 1.16. The Balaban J connectivity index is 2.34. The lowest BCUT2D eigenvalue weighted by Crippen LogP contribution is -2.28. The molecule has 0 fully saturated rings. The number of amides is 1. The monoisotopic (exact) mass is 331 g/mol. The molecular formula is C11H18BrN5O2. The Kier molecular flexibility index (Phi) is 7.12. The first-order valence-electron chi connectivity index (χ1n) is 5.87. The summed E-state index contributed by atoms with van der Waals surface area (Å²) >= 11 is 3.35. The molecule has 0 saturated heterocycles. The maximum atomic E-state index is 11.5. The van der Waals surface area contributed by atoms with Gasteiger partial charge in [0.15, 0.2) is 0 Å². The number of nitrogens with zero attached hydrogens (tertiary/aromatic N) is 2. The predicted molar refractivity (Wildman–Crippen MR) is 77.3 cm³/mol. The van der Waals surface area contributed by atoms with Gasteiger partial charge in [-0.15, -0.1) is 0 Å². The fourth-order valence-electron chi connectivity index (χ4n) is 1.29. The van der Waals surface area contributed by atoms with E-state index in [2.05, 4.69) is 41.8 Å². The summed E-state index contributed by atoms with van der Waals surface area (Å²) in [7, 11) is 3.34. The van der Waals surface area contributed by atoms with Gasteiger partial charge in [0.25, 0.3) is 0 Å². The smallest absolute Gasteiger partial charge is 0.224 e. The van der Waals surface area contributed by atoms with Gasteiger partial charge in [0.2, 0.25) is 11.9 Å². The number of anilines is 2. The Morgan fingerprint density at radius 2 is 2.26 bits per heavy atom. The van der Waals surface area contributed by atoms with Crippen molar-refractivity contribution in [1.29, 1.82) is 0 Å². The molecule has 0 atom stereocenters. The third-order valence-corrected chi connectivity index (χ3v) is 2.82. The van der Waals surface area contributed by atoms with E-state index in [9.17, 15) is 4.79 Å². The number of rotatable bonds is 8. The van der Waals surface area contributed by atoms with Crippen LogP contribution in [0.5, 0.6) is 0 Å². The van der Waals surface area contributed by atoms with E-state index in [-0.39, 0.29) is 5.91 Å². The zero-order valence-electron chi connectivity index (χ0n) is 11.0. The van der Waals surface area contributed by atoms with E-state index in [4.69, 9.17) is 4.74 Å². The molecule has 0 spiro atoms. The van der Waals surface area contributed by atoms with Crippen LogP contribution in [0.15, 0.2) is 10.7 Å². The second kappa shape index (κ2) is 8.65. The van der Waals surface area contributed by atoms with Crippen molar-refractivity contribution >= 4 is 33.6 Å². The maximum absolute atomic E-state index is 11.5. The summed E-state index contributed by atoms with van der Waals surface area (Å²) in [6, 6.07) is 0. The molecule has 0 unspecified atom stereocenters. The molecule has 0 aromatic carbocycles. The van der Waals surface area contributed by atoms with Crippen LogP contribution in [0, 0.1) is 0 Å². The van der Waals surface area contributed by atoms with Crippen molar-refractivity contribution in [3.8, 4) is 0 Å². The third-order valence-electron chi connectivity index (χ3n) is 2.24. The van der Waals surface area contributed by atoms with Crippen LogP contribution < -0.4 is 16.0 Å². The molecule has 0 aliphatic heterocycles. The van der Waals surface area contributed by atoms with Gasteiger partial charge in [0.05, 0.1) is 11.1 Å². The van der Waals surface area contributed by atoms with E-state index in [1.165, 1.54) is 0 Å². The van der Waals surface area contributed by atoms with Gasteiger partial charge in [0.1, 0.15) is 5.82 Å². The molecule has 0 aliphatic rings.